The summed E-state index contributed by atoms with van der Waals surface area (Å²) in [6.45, 7) is 4.42. The first-order valence-corrected chi connectivity index (χ1v) is 6.90. The minimum Gasteiger partial charge on any atom is -0.354 e. The van der Waals surface area contributed by atoms with E-state index in [0.717, 1.165) is 6.42 Å². The molecule has 90 valence electrons. The van der Waals surface area contributed by atoms with Gasteiger partial charge < -0.3 is 11.1 Å². The molecule has 6 heteroatoms. The molecule has 3 N–H and O–H groups in total. The van der Waals surface area contributed by atoms with Crippen LogP contribution in [-0.4, -0.2) is 38.9 Å². The highest BCUT2D eigenvalue weighted by Crippen LogP contribution is 2.05. The molecule has 0 aromatic heterocycles. The Morgan fingerprint density at radius 2 is 2.07 bits per heavy atom. The monoisotopic (exact) mass is 236 g/mol. The number of carbonyl (C=O) groups excluding carboxylic acids is 1. The van der Waals surface area contributed by atoms with Gasteiger partial charge in [-0.1, -0.05) is 20.3 Å². The van der Waals surface area contributed by atoms with E-state index in [1.807, 2.05) is 13.8 Å². The van der Waals surface area contributed by atoms with Crippen molar-refractivity contribution in [3.05, 3.63) is 0 Å². The standard InChI is InChI=1S/C9H20N2O3S/c1-3-8(2)6-15(13,14)7-9(12)11-5-4-10/h8H,3-7,10H2,1-2H3,(H,11,12). The number of rotatable bonds is 7. The van der Waals surface area contributed by atoms with Gasteiger partial charge in [-0.15, -0.1) is 0 Å². The minimum absolute atomic E-state index is 0.0690. The van der Waals surface area contributed by atoms with E-state index in [-0.39, 0.29) is 11.7 Å². The summed E-state index contributed by atoms with van der Waals surface area (Å²) in [6.07, 6.45) is 0.795. The Bertz CT molecular complexity index is 288. The van der Waals surface area contributed by atoms with Crippen molar-refractivity contribution in [3.63, 3.8) is 0 Å². The number of carbonyl (C=O) groups is 1. The van der Waals surface area contributed by atoms with Crippen LogP contribution in [0.4, 0.5) is 0 Å². The second-order valence-electron chi connectivity index (χ2n) is 3.71. The molecule has 0 rings (SSSR count). The average Bonchev–Trinajstić information content (AvgIpc) is 2.12. The molecular weight excluding hydrogens is 216 g/mol. The highest BCUT2D eigenvalue weighted by Gasteiger charge is 2.18. The number of amides is 1. The molecule has 0 saturated heterocycles. The van der Waals surface area contributed by atoms with Crippen molar-refractivity contribution >= 4 is 15.7 Å². The van der Waals surface area contributed by atoms with Gasteiger partial charge in [0.1, 0.15) is 5.75 Å². The van der Waals surface area contributed by atoms with Gasteiger partial charge >= 0.3 is 0 Å². The molecule has 5 nitrogen and oxygen atoms in total. The van der Waals surface area contributed by atoms with E-state index in [2.05, 4.69) is 5.32 Å². The van der Waals surface area contributed by atoms with Crippen LogP contribution in [0.1, 0.15) is 20.3 Å². The minimum atomic E-state index is -3.28. The van der Waals surface area contributed by atoms with Gasteiger partial charge in [-0.3, -0.25) is 4.79 Å². The van der Waals surface area contributed by atoms with E-state index in [1.54, 1.807) is 0 Å². The molecule has 15 heavy (non-hydrogen) atoms. The fourth-order valence-electron chi connectivity index (χ4n) is 1.07. The highest BCUT2D eigenvalue weighted by molar-refractivity contribution is 7.92. The normalized spacial score (nSPS) is 13.5. The largest absolute Gasteiger partial charge is 0.354 e. The van der Waals surface area contributed by atoms with Gasteiger partial charge in [0.25, 0.3) is 0 Å². The van der Waals surface area contributed by atoms with Gasteiger partial charge in [0, 0.05) is 13.1 Å². The molecule has 0 radical (unpaired) electrons. The molecule has 1 atom stereocenters. The SMILES string of the molecule is CCC(C)CS(=O)(=O)CC(=O)NCCN. The molecule has 0 aliphatic heterocycles. The molecule has 0 aliphatic carbocycles. The third-order valence-corrected chi connectivity index (χ3v) is 3.83. The number of nitrogens with two attached hydrogens (primary N) is 1. The second-order valence-corrected chi connectivity index (χ2v) is 5.82. The van der Waals surface area contributed by atoms with E-state index < -0.39 is 21.5 Å². The van der Waals surface area contributed by atoms with E-state index in [9.17, 15) is 13.2 Å². The van der Waals surface area contributed by atoms with Crippen LogP contribution in [0.2, 0.25) is 0 Å². The van der Waals surface area contributed by atoms with Crippen LogP contribution in [0.5, 0.6) is 0 Å². The molecule has 0 aromatic carbocycles. The lowest BCUT2D eigenvalue weighted by molar-refractivity contribution is -0.118. The van der Waals surface area contributed by atoms with Crippen LogP contribution < -0.4 is 11.1 Å². The Balaban J connectivity index is 4.08. The Labute approximate surface area is 91.3 Å². The summed E-state index contributed by atoms with van der Waals surface area (Å²) in [5.74, 6) is -0.738. The Morgan fingerprint density at radius 3 is 2.53 bits per heavy atom. The molecule has 1 amide bonds. The summed E-state index contributed by atoms with van der Waals surface area (Å²) in [6, 6.07) is 0. The first kappa shape index (κ1) is 14.4. The maximum Gasteiger partial charge on any atom is 0.235 e. The van der Waals surface area contributed by atoms with Crippen molar-refractivity contribution in [2.24, 2.45) is 11.7 Å². The molecule has 0 heterocycles. The van der Waals surface area contributed by atoms with Crippen LogP contribution in [0, 0.1) is 5.92 Å². The predicted molar refractivity (Wildman–Crippen MR) is 60.2 cm³/mol. The highest BCUT2D eigenvalue weighted by atomic mass is 32.2. The van der Waals surface area contributed by atoms with Crippen LogP contribution in [0.15, 0.2) is 0 Å². The Kier molecular flexibility index (Phi) is 6.51. The molecule has 0 aliphatic rings. The van der Waals surface area contributed by atoms with E-state index >= 15 is 0 Å². The van der Waals surface area contributed by atoms with Crippen molar-refractivity contribution in [3.8, 4) is 0 Å². The van der Waals surface area contributed by atoms with Crippen molar-refractivity contribution in [1.29, 1.82) is 0 Å². The van der Waals surface area contributed by atoms with E-state index in [1.165, 1.54) is 0 Å². The van der Waals surface area contributed by atoms with Gasteiger partial charge in [0.2, 0.25) is 5.91 Å². The smallest absolute Gasteiger partial charge is 0.235 e. The van der Waals surface area contributed by atoms with E-state index in [4.69, 9.17) is 5.73 Å². The number of sulfone groups is 1. The lowest BCUT2D eigenvalue weighted by atomic mass is 10.2. The second kappa shape index (κ2) is 6.79. The summed E-state index contributed by atoms with van der Waals surface area (Å²) in [5.41, 5.74) is 5.18. The zero-order chi connectivity index (χ0) is 11.9. The topological polar surface area (TPSA) is 89.3 Å². The van der Waals surface area contributed by atoms with Crippen LogP contribution in [-0.2, 0) is 14.6 Å². The summed E-state index contributed by atoms with van der Waals surface area (Å²) in [4.78, 5) is 11.1. The van der Waals surface area contributed by atoms with Crippen molar-refractivity contribution in [2.75, 3.05) is 24.6 Å². The Hall–Kier alpha value is -0.620. The van der Waals surface area contributed by atoms with Gasteiger partial charge in [0.05, 0.1) is 5.75 Å². The molecule has 1 unspecified atom stereocenters. The van der Waals surface area contributed by atoms with Crippen LogP contribution in [0.25, 0.3) is 0 Å². The summed E-state index contributed by atoms with van der Waals surface area (Å²) in [7, 11) is -3.28. The molecular formula is C9H20N2O3S. The third kappa shape index (κ3) is 7.33. The molecule has 0 bridgehead atoms. The molecule has 0 aromatic rings. The average molecular weight is 236 g/mol. The first-order chi connectivity index (χ1) is 6.91. The van der Waals surface area contributed by atoms with Gasteiger partial charge in [-0.05, 0) is 5.92 Å². The van der Waals surface area contributed by atoms with E-state index in [0.29, 0.717) is 13.1 Å². The van der Waals surface area contributed by atoms with Crippen LogP contribution >= 0.6 is 0 Å². The maximum absolute atomic E-state index is 11.5. The summed E-state index contributed by atoms with van der Waals surface area (Å²) >= 11 is 0. The molecule has 0 spiro atoms. The Morgan fingerprint density at radius 1 is 1.47 bits per heavy atom. The summed E-state index contributed by atoms with van der Waals surface area (Å²) < 4.78 is 23.0. The maximum atomic E-state index is 11.5. The molecule has 0 fully saturated rings. The first-order valence-electron chi connectivity index (χ1n) is 5.08. The molecule has 0 saturated carbocycles. The van der Waals surface area contributed by atoms with Crippen LogP contribution in [0.3, 0.4) is 0 Å². The van der Waals surface area contributed by atoms with Gasteiger partial charge in [0.15, 0.2) is 9.84 Å². The number of nitrogens with one attached hydrogen (secondary N) is 1. The summed E-state index contributed by atoms with van der Waals surface area (Å²) in [5, 5.41) is 2.44. The third-order valence-electron chi connectivity index (χ3n) is 2.05. The van der Waals surface area contributed by atoms with Crippen molar-refractivity contribution in [1.82, 2.24) is 5.32 Å². The zero-order valence-electron chi connectivity index (χ0n) is 9.32. The van der Waals surface area contributed by atoms with Gasteiger partial charge in [-0.2, -0.15) is 0 Å². The van der Waals surface area contributed by atoms with Crippen molar-refractivity contribution < 1.29 is 13.2 Å². The van der Waals surface area contributed by atoms with Gasteiger partial charge in [-0.25, -0.2) is 8.42 Å². The lowest BCUT2D eigenvalue weighted by Crippen LogP contribution is -2.35. The predicted octanol–water partition coefficient (Wildman–Crippen LogP) is -0.478. The number of hydrogen-bond donors (Lipinski definition) is 2. The quantitative estimate of drug-likeness (QED) is 0.625. The van der Waals surface area contributed by atoms with Crippen molar-refractivity contribution in [2.45, 2.75) is 20.3 Å². The fourth-order valence-corrected chi connectivity index (χ4v) is 2.79. The fraction of sp³-hybridized carbons (Fsp3) is 0.889. The zero-order valence-corrected chi connectivity index (χ0v) is 10.1. The lowest BCUT2D eigenvalue weighted by Gasteiger charge is -2.09. The number of hydrogen-bond acceptors (Lipinski definition) is 4.